The van der Waals surface area contributed by atoms with Gasteiger partial charge in [-0.1, -0.05) is 24.3 Å². The van der Waals surface area contributed by atoms with E-state index in [0.717, 1.165) is 28.3 Å². The van der Waals surface area contributed by atoms with Crippen LogP contribution in [0.5, 0.6) is 23.0 Å². The third kappa shape index (κ3) is 6.74. The largest absolute Gasteiger partial charge is 0.497 e. The Balaban J connectivity index is 1.16. The van der Waals surface area contributed by atoms with Crippen LogP contribution in [0.2, 0.25) is 0 Å². The Labute approximate surface area is 289 Å². The van der Waals surface area contributed by atoms with E-state index in [0.29, 0.717) is 72.1 Å². The average Bonchev–Trinajstić information content (AvgIpc) is 3.66. The fraction of sp³-hybridized carbons (Fsp3) is 0.270. The van der Waals surface area contributed by atoms with Crippen molar-refractivity contribution in [3.63, 3.8) is 0 Å². The second-order valence-corrected chi connectivity index (χ2v) is 12.6. The maximum Gasteiger partial charge on any atom is 0.210 e. The summed E-state index contributed by atoms with van der Waals surface area (Å²) in [6, 6.07) is 23.8. The summed E-state index contributed by atoms with van der Waals surface area (Å²) in [6.07, 6.45) is 3.22. The van der Waals surface area contributed by atoms with Crippen LogP contribution in [0.4, 0.5) is 17.6 Å². The van der Waals surface area contributed by atoms with Gasteiger partial charge in [-0.2, -0.15) is 15.3 Å². The van der Waals surface area contributed by atoms with E-state index in [-0.39, 0.29) is 5.60 Å². The molecule has 5 heterocycles. The van der Waals surface area contributed by atoms with Crippen molar-refractivity contribution in [1.29, 1.82) is 5.26 Å². The molecule has 13 heteroatoms. The molecule has 254 valence electrons. The number of fused-ring (bicyclic) bond motifs is 2. The molecule has 50 heavy (non-hydrogen) atoms. The van der Waals surface area contributed by atoms with Crippen LogP contribution in [0, 0.1) is 11.3 Å². The first-order chi connectivity index (χ1) is 24.2. The zero-order valence-corrected chi connectivity index (χ0v) is 28.5. The molecule has 13 nitrogen and oxygen atoms in total. The molecule has 0 saturated carbocycles. The van der Waals surface area contributed by atoms with Gasteiger partial charge in [0.1, 0.15) is 40.2 Å². The van der Waals surface area contributed by atoms with Gasteiger partial charge in [0.15, 0.2) is 17.2 Å². The number of nitriles is 1. The van der Waals surface area contributed by atoms with Gasteiger partial charge in [0.2, 0.25) is 5.95 Å². The van der Waals surface area contributed by atoms with Gasteiger partial charge in [0.05, 0.1) is 44.9 Å². The zero-order chi connectivity index (χ0) is 34.8. The number of hydrogen-bond acceptors (Lipinski definition) is 11. The molecule has 0 aliphatic carbocycles. The van der Waals surface area contributed by atoms with E-state index in [1.807, 2.05) is 86.2 Å². The van der Waals surface area contributed by atoms with Gasteiger partial charge in [0, 0.05) is 38.5 Å². The lowest BCUT2D eigenvalue weighted by atomic mass is 10.1. The lowest BCUT2D eigenvalue weighted by molar-refractivity contribution is -0.0660. The van der Waals surface area contributed by atoms with Crippen molar-refractivity contribution in [2.75, 3.05) is 24.4 Å². The summed E-state index contributed by atoms with van der Waals surface area (Å²) in [6.45, 7) is 6.36. The summed E-state index contributed by atoms with van der Waals surface area (Å²) in [5, 5.41) is 18.3. The minimum absolute atomic E-state index is 0.294. The SMILES string of the molecule is COc1ccc(CN(Cc2ccc(OC)cc2)c2cc(Oc3cnc4nc(Nc5cc6n(n5)CC(C)(C)OC6)n(C)c4c3C#N)ccn2)cc1. The number of hydrogen-bond donors (Lipinski definition) is 1. The number of ether oxygens (including phenoxy) is 4. The lowest BCUT2D eigenvalue weighted by Gasteiger charge is -2.30. The van der Waals surface area contributed by atoms with Gasteiger partial charge in [-0.3, -0.25) is 4.68 Å². The molecule has 1 N–H and O–H groups in total. The molecule has 1 aliphatic heterocycles. The summed E-state index contributed by atoms with van der Waals surface area (Å²) in [7, 11) is 5.13. The Hall–Kier alpha value is -6.13. The number of aromatic nitrogens is 6. The van der Waals surface area contributed by atoms with E-state index in [9.17, 15) is 5.26 Å². The molecule has 1 aliphatic rings. The number of rotatable bonds is 11. The average molecular weight is 672 g/mol. The highest BCUT2D eigenvalue weighted by Gasteiger charge is 2.28. The van der Waals surface area contributed by atoms with Gasteiger partial charge in [-0.15, -0.1) is 0 Å². The highest BCUT2D eigenvalue weighted by molar-refractivity contribution is 5.84. The number of anilines is 3. The van der Waals surface area contributed by atoms with Crippen LogP contribution >= 0.6 is 0 Å². The molecular formula is C37H37N9O4. The quantitative estimate of drug-likeness (QED) is 0.162. The Morgan fingerprint density at radius 2 is 1.62 bits per heavy atom. The van der Waals surface area contributed by atoms with Crippen LogP contribution in [-0.2, 0) is 38.0 Å². The van der Waals surface area contributed by atoms with Crippen LogP contribution < -0.4 is 24.4 Å². The minimum atomic E-state index is -0.294. The second kappa shape index (κ2) is 13.4. The number of pyridine rings is 2. The van der Waals surface area contributed by atoms with Crippen LogP contribution in [0.3, 0.4) is 0 Å². The predicted molar refractivity (Wildman–Crippen MR) is 188 cm³/mol. The Bertz CT molecular complexity index is 2130. The van der Waals surface area contributed by atoms with Crippen LogP contribution in [0.1, 0.15) is 36.2 Å². The normalized spacial score (nSPS) is 13.4. The van der Waals surface area contributed by atoms with Crippen molar-refractivity contribution in [3.05, 3.63) is 102 Å². The Morgan fingerprint density at radius 1 is 0.940 bits per heavy atom. The molecule has 0 radical (unpaired) electrons. The third-order valence-corrected chi connectivity index (χ3v) is 8.55. The molecule has 0 atom stereocenters. The molecule has 0 fully saturated rings. The summed E-state index contributed by atoms with van der Waals surface area (Å²) >= 11 is 0. The van der Waals surface area contributed by atoms with Crippen molar-refractivity contribution in [2.45, 2.75) is 45.7 Å². The number of nitrogens with one attached hydrogen (secondary N) is 1. The molecule has 0 bridgehead atoms. The first kappa shape index (κ1) is 32.4. The number of imidazole rings is 1. The van der Waals surface area contributed by atoms with Crippen molar-refractivity contribution in [3.8, 4) is 29.1 Å². The van der Waals surface area contributed by atoms with E-state index in [2.05, 4.69) is 26.3 Å². The molecule has 0 amide bonds. The number of nitrogens with zero attached hydrogens (tertiary/aromatic N) is 8. The van der Waals surface area contributed by atoms with E-state index >= 15 is 0 Å². The third-order valence-electron chi connectivity index (χ3n) is 8.55. The van der Waals surface area contributed by atoms with E-state index < -0.39 is 0 Å². The van der Waals surface area contributed by atoms with Gasteiger partial charge >= 0.3 is 0 Å². The van der Waals surface area contributed by atoms with Crippen LogP contribution in [-0.4, -0.2) is 49.1 Å². The molecule has 2 aromatic carbocycles. The summed E-state index contributed by atoms with van der Waals surface area (Å²) in [5.74, 6) is 4.23. The molecule has 4 aromatic heterocycles. The lowest BCUT2D eigenvalue weighted by Crippen LogP contribution is -2.36. The van der Waals surface area contributed by atoms with Gasteiger partial charge in [0.25, 0.3) is 0 Å². The summed E-state index contributed by atoms with van der Waals surface area (Å²) in [4.78, 5) is 16.1. The molecule has 0 saturated heterocycles. The minimum Gasteiger partial charge on any atom is -0.497 e. The highest BCUT2D eigenvalue weighted by Crippen LogP contribution is 2.33. The van der Waals surface area contributed by atoms with Gasteiger partial charge in [-0.05, 0) is 55.3 Å². The molecule has 7 rings (SSSR count). The smallest absolute Gasteiger partial charge is 0.210 e. The number of benzene rings is 2. The van der Waals surface area contributed by atoms with E-state index in [1.165, 1.54) is 6.20 Å². The predicted octanol–water partition coefficient (Wildman–Crippen LogP) is 6.50. The van der Waals surface area contributed by atoms with Crippen molar-refractivity contribution in [1.82, 2.24) is 29.3 Å². The van der Waals surface area contributed by atoms with Crippen molar-refractivity contribution >= 4 is 28.7 Å². The maximum absolute atomic E-state index is 10.3. The Kier molecular flexibility index (Phi) is 8.69. The van der Waals surface area contributed by atoms with Gasteiger partial charge < -0.3 is 33.7 Å². The number of methoxy groups -OCH3 is 2. The van der Waals surface area contributed by atoms with E-state index in [1.54, 1.807) is 31.0 Å². The summed E-state index contributed by atoms with van der Waals surface area (Å²) in [5.41, 5.74) is 4.11. The van der Waals surface area contributed by atoms with Crippen molar-refractivity contribution in [2.24, 2.45) is 7.05 Å². The fourth-order valence-corrected chi connectivity index (χ4v) is 5.90. The second-order valence-electron chi connectivity index (χ2n) is 12.6. The molecule has 6 aromatic rings. The first-order valence-electron chi connectivity index (χ1n) is 16.1. The Morgan fingerprint density at radius 3 is 2.26 bits per heavy atom. The summed E-state index contributed by atoms with van der Waals surface area (Å²) < 4.78 is 26.7. The monoisotopic (exact) mass is 671 g/mol. The van der Waals surface area contributed by atoms with E-state index in [4.69, 9.17) is 29.0 Å². The fourth-order valence-electron chi connectivity index (χ4n) is 5.90. The highest BCUT2D eigenvalue weighted by atomic mass is 16.5. The molecule has 0 spiro atoms. The molecule has 0 unspecified atom stereocenters. The van der Waals surface area contributed by atoms with Crippen molar-refractivity contribution < 1.29 is 18.9 Å². The standard InChI is InChI=1S/C37H37N9O4/c1-37(2)23-46-26(22-49-37)16-32(43-46)41-36-42-35-34(44(36)3)30(18-38)31(19-40-35)50-29-14-15-39-33(17-29)45(20-24-6-10-27(47-4)11-7-24)21-25-8-12-28(48-5)13-9-25/h6-17,19H,20-23H2,1-5H3,(H,40,41,42,43). The van der Waals surface area contributed by atoms with Crippen LogP contribution in [0.25, 0.3) is 11.2 Å². The first-order valence-corrected chi connectivity index (χ1v) is 16.1. The molecular weight excluding hydrogens is 634 g/mol. The van der Waals surface area contributed by atoms with Crippen LogP contribution in [0.15, 0.2) is 79.1 Å². The van der Waals surface area contributed by atoms with Gasteiger partial charge in [-0.25, -0.2) is 9.97 Å². The number of aryl methyl sites for hydroxylation is 1. The zero-order valence-electron chi connectivity index (χ0n) is 28.5. The topological polar surface area (TPSA) is 137 Å². The maximum atomic E-state index is 10.3.